The third kappa shape index (κ3) is 4.46. The second-order valence-corrected chi connectivity index (χ2v) is 7.47. The van der Waals surface area contributed by atoms with E-state index in [4.69, 9.17) is 10.1 Å². The van der Waals surface area contributed by atoms with Gasteiger partial charge in [-0.15, -0.1) is 0 Å². The summed E-state index contributed by atoms with van der Waals surface area (Å²) in [5.74, 6) is -0.932. The molecule has 3 aromatic rings. The van der Waals surface area contributed by atoms with Crippen molar-refractivity contribution in [3.8, 4) is 0 Å². The van der Waals surface area contributed by atoms with Crippen LogP contribution in [0.4, 0.5) is 5.69 Å². The lowest BCUT2D eigenvalue weighted by Gasteiger charge is -2.10. The summed E-state index contributed by atoms with van der Waals surface area (Å²) < 4.78 is 0. The van der Waals surface area contributed by atoms with Crippen molar-refractivity contribution in [1.82, 2.24) is 4.98 Å². The first kappa shape index (κ1) is 18.9. The summed E-state index contributed by atoms with van der Waals surface area (Å²) in [7, 11) is 0. The highest BCUT2D eigenvalue weighted by atomic mass is 32.2. The van der Waals surface area contributed by atoms with Crippen LogP contribution < -0.4 is 5.32 Å². The van der Waals surface area contributed by atoms with Crippen molar-refractivity contribution in [2.24, 2.45) is 0 Å². The molecule has 5 nitrogen and oxygen atoms in total. The number of benzene rings is 2. The van der Waals surface area contributed by atoms with E-state index in [-0.39, 0.29) is 17.2 Å². The van der Waals surface area contributed by atoms with Crippen molar-refractivity contribution in [2.75, 3.05) is 11.1 Å². The van der Waals surface area contributed by atoms with Gasteiger partial charge in [0.05, 0.1) is 21.9 Å². The lowest BCUT2D eigenvalue weighted by atomic mass is 10.0. The number of nitrogens with one attached hydrogen (secondary N) is 1. The number of aromatic nitrogens is 1. The van der Waals surface area contributed by atoms with E-state index in [1.807, 2.05) is 13.0 Å². The van der Waals surface area contributed by atoms with E-state index in [2.05, 4.69) is 31.3 Å². The predicted molar refractivity (Wildman–Crippen MR) is 109 cm³/mol. The Labute approximate surface area is 161 Å². The fourth-order valence-electron chi connectivity index (χ4n) is 2.92. The number of nitrogens with zero attached hydrogens (tertiary/aromatic N) is 1. The molecule has 3 rings (SSSR count). The summed E-state index contributed by atoms with van der Waals surface area (Å²) in [5.41, 5.74) is 5.19. The zero-order valence-electron chi connectivity index (χ0n) is 15.4. The minimum Gasteiger partial charge on any atom is -0.478 e. The molecule has 0 aliphatic carbocycles. The van der Waals surface area contributed by atoms with E-state index < -0.39 is 5.97 Å². The Bertz CT molecular complexity index is 1030. The Morgan fingerprint density at radius 1 is 1.04 bits per heavy atom. The van der Waals surface area contributed by atoms with E-state index in [1.165, 1.54) is 29.5 Å². The van der Waals surface area contributed by atoms with Crippen molar-refractivity contribution >= 4 is 40.2 Å². The summed E-state index contributed by atoms with van der Waals surface area (Å²) >= 11 is 1.38. The number of aromatic carboxylic acids is 1. The molecule has 0 aliphatic heterocycles. The molecule has 1 heterocycles. The van der Waals surface area contributed by atoms with E-state index in [0.717, 1.165) is 27.1 Å². The average Bonchev–Trinajstić information content (AvgIpc) is 2.61. The number of rotatable bonds is 5. The zero-order chi connectivity index (χ0) is 19.6. The molecule has 0 aliphatic rings. The number of fused-ring (bicyclic) bond motifs is 1. The molecule has 0 bridgehead atoms. The Hall–Kier alpha value is -2.86. The normalized spacial score (nSPS) is 10.8. The van der Waals surface area contributed by atoms with Crippen LogP contribution in [-0.2, 0) is 4.79 Å². The van der Waals surface area contributed by atoms with Crippen LogP contribution in [0.25, 0.3) is 10.9 Å². The predicted octanol–water partition coefficient (Wildman–Crippen LogP) is 4.59. The van der Waals surface area contributed by atoms with Gasteiger partial charge in [-0.1, -0.05) is 23.4 Å². The highest BCUT2D eigenvalue weighted by molar-refractivity contribution is 7.99. The van der Waals surface area contributed by atoms with Crippen LogP contribution in [0.3, 0.4) is 0 Å². The van der Waals surface area contributed by atoms with Gasteiger partial charge in [0.25, 0.3) is 0 Å². The molecule has 6 heteroatoms. The van der Waals surface area contributed by atoms with Crippen molar-refractivity contribution in [1.29, 1.82) is 0 Å². The number of carbonyl (C=O) groups is 2. The second-order valence-electron chi connectivity index (χ2n) is 6.47. The monoisotopic (exact) mass is 380 g/mol. The van der Waals surface area contributed by atoms with Gasteiger partial charge >= 0.3 is 5.97 Å². The van der Waals surface area contributed by atoms with E-state index in [0.29, 0.717) is 5.69 Å². The Morgan fingerprint density at radius 3 is 2.41 bits per heavy atom. The summed E-state index contributed by atoms with van der Waals surface area (Å²) in [4.78, 5) is 27.8. The maximum absolute atomic E-state index is 12.2. The number of hydrogen-bond acceptors (Lipinski definition) is 4. The molecule has 0 fully saturated rings. The zero-order valence-corrected chi connectivity index (χ0v) is 16.2. The fourth-order valence-corrected chi connectivity index (χ4v) is 3.69. The number of thioether (sulfide) groups is 1. The van der Waals surface area contributed by atoms with Gasteiger partial charge in [-0.2, -0.15) is 0 Å². The molecule has 138 valence electrons. The number of pyridine rings is 1. The molecule has 2 N–H and O–H groups in total. The van der Waals surface area contributed by atoms with Crippen molar-refractivity contribution in [2.45, 2.75) is 25.8 Å². The minimum atomic E-state index is -0.994. The number of anilines is 1. The Morgan fingerprint density at radius 2 is 1.74 bits per heavy atom. The number of carbonyl (C=O) groups excluding carboxylic acids is 1. The van der Waals surface area contributed by atoms with Crippen LogP contribution in [0.1, 0.15) is 27.0 Å². The molecular weight excluding hydrogens is 360 g/mol. The fraction of sp³-hybridized carbons (Fsp3) is 0.190. The highest BCUT2D eigenvalue weighted by Gasteiger charge is 2.10. The molecule has 1 aromatic heterocycles. The van der Waals surface area contributed by atoms with Gasteiger partial charge in [0.1, 0.15) is 0 Å². The van der Waals surface area contributed by atoms with E-state index in [1.54, 1.807) is 12.1 Å². The van der Waals surface area contributed by atoms with Crippen LogP contribution in [0.15, 0.2) is 47.5 Å². The van der Waals surface area contributed by atoms with E-state index >= 15 is 0 Å². The first-order chi connectivity index (χ1) is 12.8. The number of hydrogen-bond donors (Lipinski definition) is 2. The second kappa shape index (κ2) is 7.80. The van der Waals surface area contributed by atoms with Crippen LogP contribution in [0, 0.1) is 20.8 Å². The highest BCUT2D eigenvalue weighted by Crippen LogP contribution is 2.27. The van der Waals surface area contributed by atoms with Gasteiger partial charge in [0, 0.05) is 11.1 Å². The molecule has 0 saturated carbocycles. The lowest BCUT2D eigenvalue weighted by Crippen LogP contribution is -2.14. The van der Waals surface area contributed by atoms with Crippen molar-refractivity contribution in [3.63, 3.8) is 0 Å². The first-order valence-electron chi connectivity index (χ1n) is 8.48. The molecule has 2 aromatic carbocycles. The number of aryl methyl sites for hydroxylation is 3. The SMILES string of the molecule is Cc1cc(C)c2nc(SCC(=O)Nc3ccc(C(=O)O)cc3)cc(C)c2c1. The molecule has 27 heavy (non-hydrogen) atoms. The molecule has 0 atom stereocenters. The molecule has 0 unspecified atom stereocenters. The van der Waals surface area contributed by atoms with Crippen LogP contribution >= 0.6 is 11.8 Å². The van der Waals surface area contributed by atoms with Crippen LogP contribution in [-0.4, -0.2) is 27.7 Å². The Balaban J connectivity index is 1.69. The van der Waals surface area contributed by atoms with Crippen molar-refractivity contribution < 1.29 is 14.7 Å². The minimum absolute atomic E-state index is 0.164. The quantitative estimate of drug-likeness (QED) is 0.633. The molecular formula is C21H20N2O3S. The summed E-state index contributed by atoms with van der Waals surface area (Å²) in [6.45, 7) is 6.17. The molecule has 0 radical (unpaired) electrons. The largest absolute Gasteiger partial charge is 0.478 e. The number of carboxylic acid groups (broad SMARTS) is 1. The number of amides is 1. The molecule has 0 spiro atoms. The maximum atomic E-state index is 12.2. The summed E-state index contributed by atoms with van der Waals surface area (Å²) in [6, 6.07) is 12.3. The first-order valence-corrected chi connectivity index (χ1v) is 9.46. The maximum Gasteiger partial charge on any atom is 0.335 e. The smallest absolute Gasteiger partial charge is 0.335 e. The summed E-state index contributed by atoms with van der Waals surface area (Å²) in [5, 5.41) is 13.6. The van der Waals surface area contributed by atoms with Gasteiger partial charge in [-0.3, -0.25) is 4.79 Å². The van der Waals surface area contributed by atoms with Gasteiger partial charge in [0.2, 0.25) is 5.91 Å². The van der Waals surface area contributed by atoms with Gasteiger partial charge in [0.15, 0.2) is 0 Å². The summed E-state index contributed by atoms with van der Waals surface area (Å²) in [6.07, 6.45) is 0. The average molecular weight is 380 g/mol. The van der Waals surface area contributed by atoms with Gasteiger partial charge in [-0.25, -0.2) is 9.78 Å². The molecule has 1 amide bonds. The van der Waals surface area contributed by atoms with Gasteiger partial charge in [-0.05, 0) is 68.3 Å². The molecule has 0 saturated heterocycles. The lowest BCUT2D eigenvalue weighted by molar-refractivity contribution is -0.113. The standard InChI is InChI=1S/C21H20N2O3S/c1-12-8-14(3)20-17(9-12)13(2)10-19(23-20)27-11-18(24)22-16-6-4-15(5-7-16)21(25)26/h4-10H,11H2,1-3H3,(H,22,24)(H,25,26). The van der Waals surface area contributed by atoms with Gasteiger partial charge < -0.3 is 10.4 Å². The van der Waals surface area contributed by atoms with Crippen LogP contribution in [0.2, 0.25) is 0 Å². The number of carboxylic acids is 1. The van der Waals surface area contributed by atoms with Crippen molar-refractivity contribution in [3.05, 3.63) is 64.7 Å². The third-order valence-electron chi connectivity index (χ3n) is 4.20. The third-order valence-corrected chi connectivity index (χ3v) is 5.11. The Kier molecular flexibility index (Phi) is 5.46. The topological polar surface area (TPSA) is 79.3 Å². The van der Waals surface area contributed by atoms with Crippen LogP contribution in [0.5, 0.6) is 0 Å². The van der Waals surface area contributed by atoms with E-state index in [9.17, 15) is 9.59 Å².